The molecule has 2 aromatic rings. The van der Waals surface area contributed by atoms with Gasteiger partial charge in [-0.2, -0.15) is 0 Å². The lowest BCUT2D eigenvalue weighted by molar-refractivity contribution is -0.159. The first-order chi connectivity index (χ1) is 15.3. The number of carbonyl (C=O) groups is 2. The smallest absolute Gasteiger partial charge is 0.407 e. The third-order valence-electron chi connectivity index (χ3n) is 6.40. The Hall–Kier alpha value is -2.82. The molecule has 5 heteroatoms. The zero-order valence-electron chi connectivity index (χ0n) is 19.2. The molecule has 0 spiro atoms. The molecule has 0 aromatic heterocycles. The molecular formula is C27H33NO4. The lowest BCUT2D eigenvalue weighted by atomic mass is 9.84. The van der Waals surface area contributed by atoms with Crippen LogP contribution in [-0.4, -0.2) is 30.3 Å². The second-order valence-corrected chi connectivity index (χ2v) is 9.88. The van der Waals surface area contributed by atoms with E-state index in [2.05, 4.69) is 29.6 Å². The van der Waals surface area contributed by atoms with Crippen molar-refractivity contribution >= 4 is 12.1 Å². The normalized spacial score (nSPS) is 17.2. The van der Waals surface area contributed by atoms with Crippen LogP contribution in [0.4, 0.5) is 4.79 Å². The first-order valence-corrected chi connectivity index (χ1v) is 11.7. The molecule has 5 nitrogen and oxygen atoms in total. The van der Waals surface area contributed by atoms with Crippen molar-refractivity contribution in [1.82, 2.24) is 5.32 Å². The average Bonchev–Trinajstić information content (AvgIpc) is 3.09. The molecule has 0 heterocycles. The van der Waals surface area contributed by atoms with Gasteiger partial charge in [-0.05, 0) is 61.8 Å². The van der Waals surface area contributed by atoms with Crippen LogP contribution in [-0.2, 0) is 14.3 Å². The molecule has 1 fully saturated rings. The quantitative estimate of drug-likeness (QED) is 0.602. The molecule has 170 valence electrons. The van der Waals surface area contributed by atoms with E-state index >= 15 is 0 Å². The molecule has 4 rings (SSSR count). The highest BCUT2D eigenvalue weighted by molar-refractivity contribution is 5.82. The molecule has 2 aromatic carbocycles. The van der Waals surface area contributed by atoms with E-state index in [4.69, 9.17) is 9.47 Å². The van der Waals surface area contributed by atoms with Gasteiger partial charge in [-0.3, -0.25) is 0 Å². The first kappa shape index (κ1) is 22.4. The van der Waals surface area contributed by atoms with E-state index in [-0.39, 0.29) is 24.4 Å². The molecule has 32 heavy (non-hydrogen) atoms. The van der Waals surface area contributed by atoms with Crippen LogP contribution in [0.2, 0.25) is 0 Å². The third-order valence-corrected chi connectivity index (χ3v) is 6.40. The maximum atomic E-state index is 12.9. The van der Waals surface area contributed by atoms with Crippen molar-refractivity contribution in [3.05, 3.63) is 59.7 Å². The monoisotopic (exact) mass is 435 g/mol. The molecule has 0 unspecified atom stereocenters. The molecule has 0 saturated heterocycles. The SMILES string of the molecule is CC(C)(C)OC(=O)[C@@H](NC(=O)OCC1c2ccccc2-c2ccccc21)C1CCCCC1. The Morgan fingerprint density at radius 3 is 2.06 bits per heavy atom. The van der Waals surface area contributed by atoms with Crippen molar-refractivity contribution in [2.24, 2.45) is 5.92 Å². The summed E-state index contributed by atoms with van der Waals surface area (Å²) in [4.78, 5) is 25.7. The van der Waals surface area contributed by atoms with E-state index in [1.807, 2.05) is 45.0 Å². The van der Waals surface area contributed by atoms with Gasteiger partial charge in [0.15, 0.2) is 0 Å². The highest BCUT2D eigenvalue weighted by Crippen LogP contribution is 2.44. The highest BCUT2D eigenvalue weighted by Gasteiger charge is 2.35. The Bertz CT molecular complexity index is 926. The third kappa shape index (κ3) is 4.98. The number of hydrogen-bond acceptors (Lipinski definition) is 4. The molecule has 1 atom stereocenters. The largest absolute Gasteiger partial charge is 0.458 e. The van der Waals surface area contributed by atoms with E-state index in [1.54, 1.807) is 0 Å². The van der Waals surface area contributed by atoms with Gasteiger partial charge in [0.2, 0.25) is 0 Å². The van der Waals surface area contributed by atoms with Gasteiger partial charge >= 0.3 is 12.1 Å². The van der Waals surface area contributed by atoms with Crippen molar-refractivity contribution in [2.75, 3.05) is 6.61 Å². The molecule has 1 N–H and O–H groups in total. The van der Waals surface area contributed by atoms with Crippen LogP contribution < -0.4 is 5.32 Å². The van der Waals surface area contributed by atoms with Crippen molar-refractivity contribution in [1.29, 1.82) is 0 Å². The summed E-state index contributed by atoms with van der Waals surface area (Å²) in [5, 5.41) is 2.85. The van der Waals surface area contributed by atoms with Crippen molar-refractivity contribution in [2.45, 2.75) is 70.4 Å². The van der Waals surface area contributed by atoms with Gasteiger partial charge in [-0.15, -0.1) is 0 Å². The number of hydrogen-bond donors (Lipinski definition) is 1. The summed E-state index contributed by atoms with van der Waals surface area (Å²) in [6, 6.07) is 15.8. The minimum Gasteiger partial charge on any atom is -0.458 e. The van der Waals surface area contributed by atoms with Crippen LogP contribution in [0, 0.1) is 5.92 Å². The molecule has 1 amide bonds. The Kier molecular flexibility index (Phi) is 6.54. The van der Waals surface area contributed by atoms with E-state index < -0.39 is 17.7 Å². The summed E-state index contributed by atoms with van der Waals surface area (Å²) in [6.07, 6.45) is 4.56. The fraction of sp³-hybridized carbons (Fsp3) is 0.481. The second kappa shape index (κ2) is 9.35. The van der Waals surface area contributed by atoms with Gasteiger partial charge in [0.1, 0.15) is 18.2 Å². The maximum Gasteiger partial charge on any atom is 0.407 e. The van der Waals surface area contributed by atoms with Gasteiger partial charge in [-0.1, -0.05) is 67.8 Å². The molecule has 0 aliphatic heterocycles. The number of alkyl carbamates (subject to hydrolysis) is 1. The minimum absolute atomic E-state index is 0.0113. The predicted molar refractivity (Wildman–Crippen MR) is 124 cm³/mol. The molecule has 2 aliphatic carbocycles. The Balaban J connectivity index is 1.45. The minimum atomic E-state index is -0.676. The number of fused-ring (bicyclic) bond motifs is 3. The Morgan fingerprint density at radius 2 is 1.50 bits per heavy atom. The Morgan fingerprint density at radius 1 is 0.938 bits per heavy atom. The zero-order valence-corrected chi connectivity index (χ0v) is 19.2. The number of benzene rings is 2. The molecule has 0 radical (unpaired) electrons. The lowest BCUT2D eigenvalue weighted by Gasteiger charge is -2.31. The zero-order chi connectivity index (χ0) is 22.7. The van der Waals surface area contributed by atoms with Crippen LogP contribution in [0.25, 0.3) is 11.1 Å². The number of esters is 1. The number of rotatable bonds is 5. The number of ether oxygens (including phenoxy) is 2. The average molecular weight is 436 g/mol. The van der Waals surface area contributed by atoms with Gasteiger partial charge in [-0.25, -0.2) is 9.59 Å². The Labute approximate surface area is 190 Å². The maximum absolute atomic E-state index is 12.9. The van der Waals surface area contributed by atoms with Crippen LogP contribution in [0.1, 0.15) is 69.9 Å². The van der Waals surface area contributed by atoms with Gasteiger partial charge in [0.05, 0.1) is 0 Å². The fourth-order valence-electron chi connectivity index (χ4n) is 4.97. The number of amides is 1. The van der Waals surface area contributed by atoms with Crippen LogP contribution in [0.3, 0.4) is 0 Å². The van der Waals surface area contributed by atoms with Crippen molar-refractivity contribution in [3.8, 4) is 11.1 Å². The summed E-state index contributed by atoms with van der Waals surface area (Å²) in [5.74, 6) is -0.306. The van der Waals surface area contributed by atoms with E-state index in [0.717, 1.165) is 36.8 Å². The van der Waals surface area contributed by atoms with Crippen LogP contribution in [0.15, 0.2) is 48.5 Å². The molecular weight excluding hydrogens is 402 g/mol. The van der Waals surface area contributed by atoms with Gasteiger partial charge < -0.3 is 14.8 Å². The van der Waals surface area contributed by atoms with Crippen molar-refractivity contribution in [3.63, 3.8) is 0 Å². The topological polar surface area (TPSA) is 64.6 Å². The van der Waals surface area contributed by atoms with Crippen LogP contribution >= 0.6 is 0 Å². The van der Waals surface area contributed by atoms with E-state index in [0.29, 0.717) is 0 Å². The summed E-state index contributed by atoms with van der Waals surface area (Å²) >= 11 is 0. The van der Waals surface area contributed by atoms with Crippen LogP contribution in [0.5, 0.6) is 0 Å². The molecule has 1 saturated carbocycles. The number of carbonyl (C=O) groups excluding carboxylic acids is 2. The van der Waals surface area contributed by atoms with Gasteiger partial charge in [0.25, 0.3) is 0 Å². The second-order valence-electron chi connectivity index (χ2n) is 9.88. The van der Waals surface area contributed by atoms with Gasteiger partial charge in [0, 0.05) is 5.92 Å². The van der Waals surface area contributed by atoms with E-state index in [1.165, 1.54) is 17.5 Å². The molecule has 0 bridgehead atoms. The number of nitrogens with one attached hydrogen (secondary N) is 1. The van der Waals surface area contributed by atoms with E-state index in [9.17, 15) is 9.59 Å². The summed E-state index contributed by atoms with van der Waals surface area (Å²) in [6.45, 7) is 5.76. The fourth-order valence-corrected chi connectivity index (χ4v) is 4.97. The summed E-state index contributed by atoms with van der Waals surface area (Å²) in [5.41, 5.74) is 4.10. The molecule has 2 aliphatic rings. The first-order valence-electron chi connectivity index (χ1n) is 11.7. The lowest BCUT2D eigenvalue weighted by Crippen LogP contribution is -2.49. The summed E-state index contributed by atoms with van der Waals surface area (Å²) in [7, 11) is 0. The summed E-state index contributed by atoms with van der Waals surface area (Å²) < 4.78 is 11.3. The standard InChI is InChI=1S/C27H33NO4/c1-27(2,3)32-25(29)24(18-11-5-4-6-12-18)28-26(30)31-17-23-21-15-9-7-13-19(21)20-14-8-10-16-22(20)23/h7-10,13-16,18,23-24H,4-6,11-12,17H2,1-3H3,(H,28,30)/t24-/m0/s1. The predicted octanol–water partition coefficient (Wildman–Crippen LogP) is 5.82. The van der Waals surface area contributed by atoms with Crippen molar-refractivity contribution < 1.29 is 19.1 Å². The highest BCUT2D eigenvalue weighted by atomic mass is 16.6.